The van der Waals surface area contributed by atoms with E-state index in [1.165, 1.54) is 0 Å². The number of hydrogen-bond donors (Lipinski definition) is 1. The number of rotatable bonds is 4. The molecule has 3 aromatic heterocycles. The van der Waals surface area contributed by atoms with Crippen LogP contribution in [0.5, 0.6) is 0 Å². The fraction of sp³-hybridized carbons (Fsp3) is 0.520. The summed E-state index contributed by atoms with van der Waals surface area (Å²) in [7, 11) is 3.89. The highest BCUT2D eigenvalue weighted by Gasteiger charge is 2.40. The van der Waals surface area contributed by atoms with Crippen LogP contribution < -0.4 is 15.1 Å². The third kappa shape index (κ3) is 4.38. The molecule has 0 saturated carbocycles. The van der Waals surface area contributed by atoms with Crippen molar-refractivity contribution in [3.05, 3.63) is 41.6 Å². The number of aromatic nitrogens is 6. The summed E-state index contributed by atoms with van der Waals surface area (Å²) in [4.78, 5) is 26.1. The average Bonchev–Trinajstić information content (AvgIpc) is 3.29. The van der Waals surface area contributed by atoms with E-state index in [-0.39, 0.29) is 23.0 Å². The Hall–Kier alpha value is -3.40. The van der Waals surface area contributed by atoms with Crippen molar-refractivity contribution in [2.45, 2.75) is 71.1 Å². The molecule has 0 bridgehead atoms. The second kappa shape index (κ2) is 8.08. The van der Waals surface area contributed by atoms with Crippen molar-refractivity contribution in [3.8, 4) is 11.1 Å². The van der Waals surface area contributed by atoms with Crippen molar-refractivity contribution in [1.29, 1.82) is 0 Å². The quantitative estimate of drug-likeness (QED) is 0.614. The van der Waals surface area contributed by atoms with Gasteiger partial charge in [-0.15, -0.1) is 10.2 Å². The lowest BCUT2D eigenvalue weighted by Gasteiger charge is -2.48. The van der Waals surface area contributed by atoms with Gasteiger partial charge in [-0.05, 0) is 53.5 Å². The summed E-state index contributed by atoms with van der Waals surface area (Å²) in [5.74, 6) is 0.842. The van der Waals surface area contributed by atoms with Crippen LogP contribution in [0.15, 0.2) is 24.7 Å². The minimum Gasteiger partial charge on any atom is -0.339 e. The van der Waals surface area contributed by atoms with Crippen LogP contribution in [0.1, 0.15) is 62.3 Å². The van der Waals surface area contributed by atoms with Crippen LogP contribution in [0.3, 0.4) is 0 Å². The zero-order chi connectivity index (χ0) is 25.1. The van der Waals surface area contributed by atoms with E-state index in [2.05, 4.69) is 63.2 Å². The third-order valence-corrected chi connectivity index (χ3v) is 6.92. The smallest absolute Gasteiger partial charge is 0.261 e. The molecular weight excluding hydrogens is 442 g/mol. The van der Waals surface area contributed by atoms with E-state index in [9.17, 15) is 4.79 Å². The molecule has 0 atom stereocenters. The number of fused-ring (bicyclic) bond motifs is 1. The first-order chi connectivity index (χ1) is 16.4. The van der Waals surface area contributed by atoms with E-state index in [0.717, 1.165) is 35.4 Å². The van der Waals surface area contributed by atoms with Gasteiger partial charge in [0.25, 0.3) is 5.91 Å². The lowest BCUT2D eigenvalue weighted by Crippen LogP contribution is -2.62. The highest BCUT2D eigenvalue weighted by atomic mass is 16.2. The molecule has 5 heterocycles. The van der Waals surface area contributed by atoms with Crippen LogP contribution in [0, 0.1) is 6.92 Å². The van der Waals surface area contributed by atoms with Crippen LogP contribution in [-0.4, -0.2) is 60.0 Å². The van der Waals surface area contributed by atoms with Gasteiger partial charge in [0.05, 0.1) is 29.7 Å². The van der Waals surface area contributed by atoms with Crippen molar-refractivity contribution >= 4 is 17.7 Å². The van der Waals surface area contributed by atoms with E-state index < -0.39 is 0 Å². The molecule has 0 unspecified atom stereocenters. The number of amides is 1. The number of carbonyl (C=O) groups excluding carboxylic acids is 1. The molecule has 1 saturated heterocycles. The Labute approximate surface area is 205 Å². The van der Waals surface area contributed by atoms with Gasteiger partial charge in [0.1, 0.15) is 0 Å². The average molecular weight is 476 g/mol. The van der Waals surface area contributed by atoms with E-state index in [4.69, 9.17) is 0 Å². The molecule has 35 heavy (non-hydrogen) atoms. The molecule has 0 spiro atoms. The Morgan fingerprint density at radius 2 is 1.77 bits per heavy atom. The summed E-state index contributed by atoms with van der Waals surface area (Å²) in [5, 5.41) is 16.9. The van der Waals surface area contributed by atoms with Crippen molar-refractivity contribution in [2.24, 2.45) is 7.05 Å². The number of carbonyl (C=O) groups is 1. The molecule has 0 aromatic carbocycles. The largest absolute Gasteiger partial charge is 0.339 e. The number of nitrogens with zero attached hydrogens (tertiary/aromatic N) is 8. The summed E-state index contributed by atoms with van der Waals surface area (Å²) in [6.07, 6.45) is 7.31. The maximum atomic E-state index is 13.2. The molecule has 3 aromatic rings. The van der Waals surface area contributed by atoms with Gasteiger partial charge < -0.3 is 10.2 Å². The topological polar surface area (TPSA) is 105 Å². The zero-order valence-corrected chi connectivity index (χ0v) is 21.5. The van der Waals surface area contributed by atoms with Crippen molar-refractivity contribution < 1.29 is 4.79 Å². The monoisotopic (exact) mass is 475 g/mol. The Balaban J connectivity index is 1.34. The molecule has 0 radical (unpaired) electrons. The summed E-state index contributed by atoms with van der Waals surface area (Å²) in [5.41, 5.74) is 4.07. The summed E-state index contributed by atoms with van der Waals surface area (Å²) < 4.78 is 1.76. The van der Waals surface area contributed by atoms with Gasteiger partial charge >= 0.3 is 0 Å². The van der Waals surface area contributed by atoms with Gasteiger partial charge in [-0.2, -0.15) is 5.10 Å². The van der Waals surface area contributed by atoms with Crippen molar-refractivity contribution in [3.63, 3.8) is 0 Å². The molecular formula is C25H33N9O. The summed E-state index contributed by atoms with van der Waals surface area (Å²) in [6, 6.07) is 2.17. The Kier molecular flexibility index (Phi) is 5.39. The van der Waals surface area contributed by atoms with Crippen LogP contribution in [0.2, 0.25) is 0 Å². The minimum absolute atomic E-state index is 0.0159. The fourth-order valence-electron chi connectivity index (χ4n) is 5.64. The Morgan fingerprint density at radius 1 is 1.06 bits per heavy atom. The van der Waals surface area contributed by atoms with E-state index >= 15 is 0 Å². The van der Waals surface area contributed by atoms with Gasteiger partial charge in [0, 0.05) is 54.7 Å². The molecule has 10 heteroatoms. The zero-order valence-electron chi connectivity index (χ0n) is 21.5. The first kappa shape index (κ1) is 23.3. The van der Waals surface area contributed by atoms with Crippen LogP contribution in [0.4, 0.5) is 11.8 Å². The number of nitrogens with one attached hydrogen (secondary N) is 1. The maximum absolute atomic E-state index is 13.2. The highest BCUT2D eigenvalue weighted by molar-refractivity contribution is 6.09. The molecule has 2 aliphatic rings. The van der Waals surface area contributed by atoms with Crippen LogP contribution in [-0.2, 0) is 13.6 Å². The van der Waals surface area contributed by atoms with Gasteiger partial charge in [-0.25, -0.2) is 4.98 Å². The summed E-state index contributed by atoms with van der Waals surface area (Å²) >= 11 is 0. The number of pyridine rings is 1. The molecule has 1 N–H and O–H groups in total. The molecule has 184 valence electrons. The van der Waals surface area contributed by atoms with E-state index in [0.29, 0.717) is 23.9 Å². The first-order valence-electron chi connectivity index (χ1n) is 12.0. The van der Waals surface area contributed by atoms with Gasteiger partial charge in [-0.1, -0.05) is 0 Å². The fourth-order valence-corrected chi connectivity index (χ4v) is 5.64. The lowest BCUT2D eigenvalue weighted by molar-refractivity contribution is 0.0995. The summed E-state index contributed by atoms with van der Waals surface area (Å²) in [6.45, 7) is 11.2. The first-order valence-corrected chi connectivity index (χ1v) is 12.0. The number of aryl methyl sites for hydroxylation is 2. The van der Waals surface area contributed by atoms with Gasteiger partial charge in [-0.3, -0.25) is 19.4 Å². The van der Waals surface area contributed by atoms with Gasteiger partial charge in [0.15, 0.2) is 5.82 Å². The number of hydrogen-bond acceptors (Lipinski definition) is 8. The SMILES string of the molecule is Cc1nn(C)cc1-c1cnc2c(c1)C(=O)N(c1cnc(N(C)C3CC(C)(C)NC(C)(C)C3)nn1)C2. The van der Waals surface area contributed by atoms with Crippen molar-refractivity contribution in [1.82, 2.24) is 35.3 Å². The van der Waals surface area contributed by atoms with Crippen LogP contribution >= 0.6 is 0 Å². The molecule has 1 amide bonds. The molecule has 0 aliphatic carbocycles. The molecule has 5 rings (SSSR count). The number of anilines is 2. The predicted octanol–water partition coefficient (Wildman–Crippen LogP) is 2.88. The molecule has 2 aliphatic heterocycles. The second-order valence-corrected chi connectivity index (χ2v) is 11.1. The predicted molar refractivity (Wildman–Crippen MR) is 134 cm³/mol. The van der Waals surface area contributed by atoms with E-state index in [1.807, 2.05) is 33.3 Å². The molecule has 1 fully saturated rings. The normalized spacial score (nSPS) is 19.2. The third-order valence-electron chi connectivity index (χ3n) is 6.92. The lowest BCUT2D eigenvalue weighted by atomic mass is 9.79. The Morgan fingerprint density at radius 3 is 2.37 bits per heavy atom. The maximum Gasteiger partial charge on any atom is 0.261 e. The van der Waals surface area contributed by atoms with Gasteiger partial charge in [0.2, 0.25) is 5.95 Å². The van der Waals surface area contributed by atoms with Crippen LogP contribution in [0.25, 0.3) is 11.1 Å². The molecule has 10 nitrogen and oxygen atoms in total. The highest BCUT2D eigenvalue weighted by Crippen LogP contribution is 2.33. The Bertz CT molecular complexity index is 1260. The standard InChI is InChI=1S/C25H33N9O/c1-15-19(13-32(6)30-15)16-8-18-20(26-11-16)14-34(22(18)35)21-12-27-23(29-28-21)33(7)17-9-24(2,3)31-25(4,5)10-17/h8,11-13,17,31H,9-10,14H2,1-7H3. The second-order valence-electron chi connectivity index (χ2n) is 11.1. The minimum atomic E-state index is -0.144. The number of piperidine rings is 1. The van der Waals surface area contributed by atoms with Crippen molar-refractivity contribution in [2.75, 3.05) is 16.8 Å². The van der Waals surface area contributed by atoms with E-state index in [1.54, 1.807) is 22.0 Å².